The maximum atomic E-state index is 13.0. The first kappa shape index (κ1) is 15.2. The first-order chi connectivity index (χ1) is 11.0. The molecule has 3 rings (SSSR count). The predicted octanol–water partition coefficient (Wildman–Crippen LogP) is 2.46. The van der Waals surface area contributed by atoms with Gasteiger partial charge in [-0.2, -0.15) is 0 Å². The molecule has 5 heteroatoms. The third-order valence-electron chi connectivity index (χ3n) is 3.90. The molecule has 0 spiro atoms. The first-order valence-electron chi connectivity index (χ1n) is 7.37. The zero-order valence-corrected chi connectivity index (χ0v) is 12.6. The van der Waals surface area contributed by atoms with E-state index in [4.69, 9.17) is 4.42 Å². The van der Waals surface area contributed by atoms with Gasteiger partial charge in [-0.25, -0.2) is 9.18 Å². The molecule has 0 aliphatic heterocycles. The maximum Gasteiger partial charge on any atom is 0.336 e. The van der Waals surface area contributed by atoms with Gasteiger partial charge in [-0.3, -0.25) is 0 Å². The van der Waals surface area contributed by atoms with Crippen LogP contribution in [0.2, 0.25) is 0 Å². The second-order valence-corrected chi connectivity index (χ2v) is 5.55. The summed E-state index contributed by atoms with van der Waals surface area (Å²) in [6.07, 6.45) is 0. The Bertz CT molecular complexity index is 887. The Hall–Kier alpha value is -2.66. The van der Waals surface area contributed by atoms with Gasteiger partial charge in [0.15, 0.2) is 0 Å². The highest BCUT2D eigenvalue weighted by atomic mass is 19.1. The Kier molecular flexibility index (Phi) is 4.12. The fourth-order valence-corrected chi connectivity index (χ4v) is 2.59. The average Bonchev–Trinajstić information content (AvgIpc) is 2.52. The van der Waals surface area contributed by atoms with Crippen LogP contribution in [0.1, 0.15) is 24.1 Å². The van der Waals surface area contributed by atoms with E-state index >= 15 is 0 Å². The van der Waals surface area contributed by atoms with E-state index in [9.17, 15) is 14.3 Å². The standard InChI is InChI=1S/C18H16FNO3/c1-11(12-2-4-14(19)5-3-12)20-10-13-8-18(22)23-17-9-15(21)6-7-16(13)17/h2-9,11,20-21H,10H2,1H3/p+1/t11-/m0/s1. The summed E-state index contributed by atoms with van der Waals surface area (Å²) >= 11 is 0. The summed E-state index contributed by atoms with van der Waals surface area (Å²) < 4.78 is 18.1. The topological polar surface area (TPSA) is 67.0 Å². The highest BCUT2D eigenvalue weighted by Crippen LogP contribution is 2.21. The number of nitrogens with two attached hydrogens (primary N) is 1. The lowest BCUT2D eigenvalue weighted by Crippen LogP contribution is -2.83. The lowest BCUT2D eigenvalue weighted by Gasteiger charge is -2.12. The molecule has 0 unspecified atom stereocenters. The number of phenolic OH excluding ortho intramolecular Hbond substituents is 1. The van der Waals surface area contributed by atoms with E-state index in [1.807, 2.05) is 6.92 Å². The molecule has 2 aromatic carbocycles. The Morgan fingerprint density at radius 3 is 2.65 bits per heavy atom. The van der Waals surface area contributed by atoms with Crippen LogP contribution < -0.4 is 10.9 Å². The maximum absolute atomic E-state index is 13.0. The summed E-state index contributed by atoms with van der Waals surface area (Å²) in [6, 6.07) is 12.7. The summed E-state index contributed by atoms with van der Waals surface area (Å²) in [4.78, 5) is 11.7. The fourth-order valence-electron chi connectivity index (χ4n) is 2.59. The number of benzene rings is 2. The van der Waals surface area contributed by atoms with Crippen molar-refractivity contribution in [3.8, 4) is 5.75 Å². The van der Waals surface area contributed by atoms with Crippen molar-refractivity contribution < 1.29 is 19.2 Å². The third kappa shape index (κ3) is 3.40. The molecule has 0 bridgehead atoms. The van der Waals surface area contributed by atoms with Crippen LogP contribution in [0.25, 0.3) is 11.0 Å². The zero-order chi connectivity index (χ0) is 16.4. The van der Waals surface area contributed by atoms with Crippen LogP contribution in [0, 0.1) is 5.82 Å². The lowest BCUT2D eigenvalue weighted by molar-refractivity contribution is -0.707. The largest absolute Gasteiger partial charge is 0.508 e. The molecule has 0 amide bonds. The first-order valence-corrected chi connectivity index (χ1v) is 7.37. The Morgan fingerprint density at radius 1 is 1.17 bits per heavy atom. The molecule has 3 N–H and O–H groups in total. The van der Waals surface area contributed by atoms with E-state index in [-0.39, 0.29) is 17.6 Å². The van der Waals surface area contributed by atoms with Crippen molar-refractivity contribution in [2.45, 2.75) is 19.5 Å². The van der Waals surface area contributed by atoms with E-state index in [1.165, 1.54) is 24.3 Å². The lowest BCUT2D eigenvalue weighted by atomic mass is 10.1. The minimum absolute atomic E-state index is 0.0569. The summed E-state index contributed by atoms with van der Waals surface area (Å²) in [5, 5.41) is 12.4. The molecule has 1 aromatic heterocycles. The van der Waals surface area contributed by atoms with Gasteiger partial charge in [-0.15, -0.1) is 0 Å². The van der Waals surface area contributed by atoms with Gasteiger partial charge in [0.25, 0.3) is 0 Å². The minimum Gasteiger partial charge on any atom is -0.508 e. The number of fused-ring (bicyclic) bond motifs is 1. The summed E-state index contributed by atoms with van der Waals surface area (Å²) in [7, 11) is 0. The van der Waals surface area contributed by atoms with E-state index in [1.54, 1.807) is 24.3 Å². The second kappa shape index (κ2) is 6.22. The van der Waals surface area contributed by atoms with Crippen LogP contribution in [0.15, 0.2) is 57.7 Å². The molecule has 23 heavy (non-hydrogen) atoms. The van der Waals surface area contributed by atoms with Gasteiger partial charge in [0.1, 0.15) is 29.7 Å². The summed E-state index contributed by atoms with van der Waals surface area (Å²) in [5.74, 6) is -0.200. The van der Waals surface area contributed by atoms with Gasteiger partial charge in [0, 0.05) is 28.6 Å². The van der Waals surface area contributed by atoms with Gasteiger partial charge < -0.3 is 14.8 Å². The van der Waals surface area contributed by atoms with Gasteiger partial charge >= 0.3 is 5.63 Å². The number of quaternary nitrogens is 1. The molecular formula is C18H17FNO3+. The number of halogens is 1. The molecule has 4 nitrogen and oxygen atoms in total. The average molecular weight is 314 g/mol. The molecule has 0 fully saturated rings. The minimum atomic E-state index is -0.444. The Labute approximate surface area is 132 Å². The molecule has 118 valence electrons. The van der Waals surface area contributed by atoms with Crippen molar-refractivity contribution in [3.05, 3.63) is 75.9 Å². The fraction of sp³-hybridized carbons (Fsp3) is 0.167. The number of phenols is 1. The predicted molar refractivity (Wildman–Crippen MR) is 84.6 cm³/mol. The smallest absolute Gasteiger partial charge is 0.336 e. The number of hydrogen-bond acceptors (Lipinski definition) is 3. The molecule has 0 aliphatic rings. The van der Waals surface area contributed by atoms with Gasteiger partial charge in [0.2, 0.25) is 0 Å². The normalized spacial score (nSPS) is 12.4. The van der Waals surface area contributed by atoms with Crippen LogP contribution in [0.5, 0.6) is 5.75 Å². The molecule has 1 heterocycles. The van der Waals surface area contributed by atoms with Crippen molar-refractivity contribution >= 4 is 11.0 Å². The van der Waals surface area contributed by atoms with Crippen molar-refractivity contribution in [1.82, 2.24) is 0 Å². The Morgan fingerprint density at radius 2 is 1.91 bits per heavy atom. The molecule has 0 saturated carbocycles. The number of rotatable bonds is 4. The summed E-state index contributed by atoms with van der Waals surface area (Å²) in [6.45, 7) is 2.60. The molecular weight excluding hydrogens is 297 g/mol. The van der Waals surface area contributed by atoms with Gasteiger partial charge in [-0.1, -0.05) is 12.1 Å². The van der Waals surface area contributed by atoms with Crippen molar-refractivity contribution in [2.75, 3.05) is 0 Å². The van der Waals surface area contributed by atoms with Crippen LogP contribution in [0.4, 0.5) is 4.39 Å². The van der Waals surface area contributed by atoms with Crippen molar-refractivity contribution in [2.24, 2.45) is 0 Å². The van der Waals surface area contributed by atoms with Crippen LogP contribution in [-0.4, -0.2) is 5.11 Å². The number of hydrogen-bond donors (Lipinski definition) is 2. The van der Waals surface area contributed by atoms with Crippen LogP contribution in [-0.2, 0) is 6.54 Å². The van der Waals surface area contributed by atoms with E-state index in [2.05, 4.69) is 5.32 Å². The van der Waals surface area contributed by atoms with Gasteiger partial charge in [0.05, 0.1) is 0 Å². The second-order valence-electron chi connectivity index (χ2n) is 5.55. The quantitative estimate of drug-likeness (QED) is 0.727. The third-order valence-corrected chi connectivity index (χ3v) is 3.90. The van der Waals surface area contributed by atoms with Crippen molar-refractivity contribution in [1.29, 1.82) is 0 Å². The molecule has 0 radical (unpaired) electrons. The summed E-state index contributed by atoms with van der Waals surface area (Å²) in [5.41, 5.74) is 1.78. The molecule has 3 aromatic rings. The monoisotopic (exact) mass is 314 g/mol. The van der Waals surface area contributed by atoms with Gasteiger partial charge in [-0.05, 0) is 31.2 Å². The van der Waals surface area contributed by atoms with Crippen molar-refractivity contribution in [3.63, 3.8) is 0 Å². The highest BCUT2D eigenvalue weighted by Gasteiger charge is 2.12. The van der Waals surface area contributed by atoms with E-state index in [0.29, 0.717) is 12.1 Å². The van der Waals surface area contributed by atoms with E-state index in [0.717, 1.165) is 16.5 Å². The molecule has 1 atom stereocenters. The number of aromatic hydroxyl groups is 1. The van der Waals surface area contributed by atoms with E-state index < -0.39 is 5.63 Å². The highest BCUT2D eigenvalue weighted by molar-refractivity contribution is 5.81. The molecule has 0 saturated heterocycles. The zero-order valence-electron chi connectivity index (χ0n) is 12.6. The van der Waals surface area contributed by atoms with Crippen LogP contribution in [0.3, 0.4) is 0 Å². The molecule has 0 aliphatic carbocycles. The van der Waals surface area contributed by atoms with Crippen LogP contribution >= 0.6 is 0 Å². The SMILES string of the molecule is C[C@H]([NH2+]Cc1cc(=O)oc2cc(O)ccc12)c1ccc(F)cc1. The Balaban J connectivity index is 1.84.